The number of hydrogen-bond donors (Lipinski definition) is 0. The minimum atomic E-state index is 0.593. The molecular formula is C19H18O2. The number of ether oxygens (including phenoxy) is 2. The van der Waals surface area contributed by atoms with Gasteiger partial charge >= 0.3 is 0 Å². The first-order chi connectivity index (χ1) is 10.3. The van der Waals surface area contributed by atoms with Gasteiger partial charge < -0.3 is 9.47 Å². The van der Waals surface area contributed by atoms with Crippen LogP contribution in [-0.2, 0) is 0 Å². The third-order valence-corrected chi connectivity index (χ3v) is 3.62. The Morgan fingerprint density at radius 1 is 1.14 bits per heavy atom. The molecule has 1 heterocycles. The third-order valence-electron chi connectivity index (χ3n) is 3.62. The van der Waals surface area contributed by atoms with E-state index in [4.69, 9.17) is 9.47 Å². The van der Waals surface area contributed by atoms with E-state index in [0.717, 1.165) is 17.1 Å². The van der Waals surface area contributed by atoms with Crippen molar-refractivity contribution in [3.05, 3.63) is 70.8 Å². The molecule has 0 unspecified atom stereocenters. The molecule has 21 heavy (non-hydrogen) atoms. The first-order valence-corrected chi connectivity index (χ1v) is 7.01. The summed E-state index contributed by atoms with van der Waals surface area (Å²) < 4.78 is 11.1. The van der Waals surface area contributed by atoms with Crippen molar-refractivity contribution in [3.8, 4) is 11.5 Å². The van der Waals surface area contributed by atoms with Crippen LogP contribution in [0.3, 0.4) is 0 Å². The summed E-state index contributed by atoms with van der Waals surface area (Å²) in [6.07, 6.45) is 4.37. The van der Waals surface area contributed by atoms with Crippen molar-refractivity contribution in [3.63, 3.8) is 0 Å². The van der Waals surface area contributed by atoms with E-state index in [-0.39, 0.29) is 0 Å². The van der Waals surface area contributed by atoms with Crippen molar-refractivity contribution in [2.24, 2.45) is 0 Å². The van der Waals surface area contributed by atoms with Crippen LogP contribution in [0.25, 0.3) is 12.2 Å². The lowest BCUT2D eigenvalue weighted by Crippen LogP contribution is -2.08. The predicted octanol–water partition coefficient (Wildman–Crippen LogP) is 4.57. The number of fused-ring (bicyclic) bond motifs is 1. The van der Waals surface area contributed by atoms with Gasteiger partial charge in [0, 0.05) is 11.6 Å². The molecule has 0 saturated carbocycles. The van der Waals surface area contributed by atoms with Gasteiger partial charge in [-0.15, -0.1) is 0 Å². The molecule has 0 spiro atoms. The van der Waals surface area contributed by atoms with Crippen molar-refractivity contribution in [2.45, 2.75) is 6.92 Å². The van der Waals surface area contributed by atoms with Gasteiger partial charge in [-0.05, 0) is 41.8 Å². The average molecular weight is 278 g/mol. The van der Waals surface area contributed by atoms with Gasteiger partial charge in [-0.25, -0.2) is 0 Å². The molecule has 2 aromatic carbocycles. The Morgan fingerprint density at radius 2 is 1.95 bits per heavy atom. The first-order valence-electron chi connectivity index (χ1n) is 7.01. The SMILES string of the molecule is COc1ccc2c(c1)OCC(/C(C)=C/c1ccccc1)=C2. The fraction of sp³-hybridized carbons (Fsp3) is 0.158. The number of benzene rings is 2. The van der Waals surface area contributed by atoms with Gasteiger partial charge in [-0.1, -0.05) is 36.4 Å². The molecular weight excluding hydrogens is 260 g/mol. The molecule has 2 nitrogen and oxygen atoms in total. The lowest BCUT2D eigenvalue weighted by molar-refractivity contribution is 0.344. The maximum Gasteiger partial charge on any atom is 0.130 e. The maximum atomic E-state index is 5.85. The standard InChI is InChI=1S/C19H18O2/c1-14(10-15-6-4-3-5-7-15)17-11-16-8-9-18(20-2)12-19(16)21-13-17/h3-12H,13H2,1-2H3/b14-10+. The second-order valence-corrected chi connectivity index (χ2v) is 5.10. The van der Waals surface area contributed by atoms with E-state index >= 15 is 0 Å². The second-order valence-electron chi connectivity index (χ2n) is 5.10. The summed E-state index contributed by atoms with van der Waals surface area (Å²) in [7, 11) is 1.67. The molecule has 0 aliphatic carbocycles. The fourth-order valence-electron chi connectivity index (χ4n) is 2.39. The lowest BCUT2D eigenvalue weighted by atomic mass is 10.00. The molecule has 1 aliphatic rings. The van der Waals surface area contributed by atoms with Crippen LogP contribution < -0.4 is 9.47 Å². The quantitative estimate of drug-likeness (QED) is 0.818. The van der Waals surface area contributed by atoms with E-state index in [1.54, 1.807) is 7.11 Å². The molecule has 0 aromatic heterocycles. The lowest BCUT2D eigenvalue weighted by Gasteiger charge is -2.19. The highest BCUT2D eigenvalue weighted by Crippen LogP contribution is 2.32. The van der Waals surface area contributed by atoms with Crippen LogP contribution in [0.2, 0.25) is 0 Å². The molecule has 0 atom stereocenters. The van der Waals surface area contributed by atoms with E-state index in [0.29, 0.717) is 6.61 Å². The van der Waals surface area contributed by atoms with E-state index in [1.165, 1.54) is 16.7 Å². The number of methoxy groups -OCH3 is 1. The first kappa shape index (κ1) is 13.5. The normalized spacial score (nSPS) is 14.0. The Labute approximate surface area is 125 Å². The molecule has 0 N–H and O–H groups in total. The van der Waals surface area contributed by atoms with Crippen molar-refractivity contribution in [1.82, 2.24) is 0 Å². The summed E-state index contributed by atoms with van der Waals surface area (Å²) in [5, 5.41) is 0. The Morgan fingerprint density at radius 3 is 2.71 bits per heavy atom. The van der Waals surface area contributed by atoms with Crippen LogP contribution in [-0.4, -0.2) is 13.7 Å². The number of hydrogen-bond acceptors (Lipinski definition) is 2. The summed E-state index contributed by atoms with van der Waals surface area (Å²) in [6, 6.07) is 16.2. The summed E-state index contributed by atoms with van der Waals surface area (Å²) in [6.45, 7) is 2.71. The molecule has 0 fully saturated rings. The molecule has 106 valence electrons. The minimum Gasteiger partial charge on any atom is -0.497 e. The average Bonchev–Trinajstić information content (AvgIpc) is 2.54. The molecule has 2 aromatic rings. The fourth-order valence-corrected chi connectivity index (χ4v) is 2.39. The van der Waals surface area contributed by atoms with Crippen molar-refractivity contribution in [1.29, 1.82) is 0 Å². The van der Waals surface area contributed by atoms with Crippen LogP contribution in [0.1, 0.15) is 18.1 Å². The highest BCUT2D eigenvalue weighted by atomic mass is 16.5. The van der Waals surface area contributed by atoms with Crippen molar-refractivity contribution < 1.29 is 9.47 Å². The van der Waals surface area contributed by atoms with Crippen molar-refractivity contribution in [2.75, 3.05) is 13.7 Å². The molecule has 0 radical (unpaired) electrons. The molecule has 0 saturated heterocycles. The van der Waals surface area contributed by atoms with Gasteiger partial charge in [-0.3, -0.25) is 0 Å². The second kappa shape index (κ2) is 5.88. The summed E-state index contributed by atoms with van der Waals surface area (Å²) in [5.74, 6) is 1.70. The third kappa shape index (κ3) is 3.00. The Bertz CT molecular complexity index is 697. The molecule has 1 aliphatic heterocycles. The summed E-state index contributed by atoms with van der Waals surface area (Å²) >= 11 is 0. The van der Waals surface area contributed by atoms with E-state index in [9.17, 15) is 0 Å². The van der Waals surface area contributed by atoms with E-state index in [2.05, 4.69) is 31.2 Å². The smallest absolute Gasteiger partial charge is 0.130 e. The highest BCUT2D eigenvalue weighted by molar-refractivity contribution is 5.70. The molecule has 3 rings (SSSR count). The van der Waals surface area contributed by atoms with E-state index < -0.39 is 0 Å². The Balaban J connectivity index is 1.90. The van der Waals surface area contributed by atoms with Gasteiger partial charge in [0.2, 0.25) is 0 Å². The Kier molecular flexibility index (Phi) is 3.78. The van der Waals surface area contributed by atoms with Crippen molar-refractivity contribution >= 4 is 12.2 Å². The summed E-state index contributed by atoms with van der Waals surface area (Å²) in [4.78, 5) is 0. The predicted molar refractivity (Wildman–Crippen MR) is 86.6 cm³/mol. The monoisotopic (exact) mass is 278 g/mol. The van der Waals surface area contributed by atoms with Gasteiger partial charge in [0.15, 0.2) is 0 Å². The van der Waals surface area contributed by atoms with Crippen LogP contribution in [0.15, 0.2) is 59.7 Å². The van der Waals surface area contributed by atoms with Gasteiger partial charge in [-0.2, -0.15) is 0 Å². The van der Waals surface area contributed by atoms with Crippen LogP contribution in [0.5, 0.6) is 11.5 Å². The maximum absolute atomic E-state index is 5.85. The van der Waals surface area contributed by atoms with E-state index in [1.807, 2.05) is 36.4 Å². The zero-order chi connectivity index (χ0) is 14.7. The number of rotatable bonds is 3. The largest absolute Gasteiger partial charge is 0.497 e. The molecule has 0 bridgehead atoms. The zero-order valence-electron chi connectivity index (χ0n) is 12.3. The highest BCUT2D eigenvalue weighted by Gasteiger charge is 2.13. The van der Waals surface area contributed by atoms with Gasteiger partial charge in [0.1, 0.15) is 18.1 Å². The molecule has 0 amide bonds. The zero-order valence-corrected chi connectivity index (χ0v) is 12.3. The topological polar surface area (TPSA) is 18.5 Å². The van der Waals surface area contributed by atoms with Crippen LogP contribution in [0, 0.1) is 0 Å². The molecule has 2 heteroatoms. The summed E-state index contributed by atoms with van der Waals surface area (Å²) in [5.41, 5.74) is 4.73. The van der Waals surface area contributed by atoms with Crippen LogP contribution in [0.4, 0.5) is 0 Å². The van der Waals surface area contributed by atoms with Crippen LogP contribution >= 0.6 is 0 Å². The Hall–Kier alpha value is -2.48. The minimum absolute atomic E-state index is 0.593. The van der Waals surface area contributed by atoms with Gasteiger partial charge in [0.05, 0.1) is 7.11 Å². The van der Waals surface area contributed by atoms with Gasteiger partial charge in [0.25, 0.3) is 0 Å².